The van der Waals surface area contributed by atoms with Crippen LogP contribution in [0.25, 0.3) is 10.6 Å². The van der Waals surface area contributed by atoms with E-state index < -0.39 is 4.92 Å². The highest BCUT2D eigenvalue weighted by Gasteiger charge is 2.26. The minimum absolute atomic E-state index is 0.0816. The van der Waals surface area contributed by atoms with Gasteiger partial charge < -0.3 is 15.4 Å². The summed E-state index contributed by atoms with van der Waals surface area (Å²) in [6.07, 6.45) is 3.48. The number of fused-ring (bicyclic) bond motifs is 2. The standard InChI is InChI=1S/C13H11N7O2S/c1-8(11-17-16-9-4-2-3-5-18(9)11)14-10-12(20(21)22)19-6-7-23-13(19)15-10/h2-8,14H,1H3. The van der Waals surface area contributed by atoms with E-state index >= 15 is 0 Å². The molecule has 0 saturated carbocycles. The number of nitro groups is 1. The first-order chi connectivity index (χ1) is 11.1. The van der Waals surface area contributed by atoms with Crippen LogP contribution >= 0.6 is 11.3 Å². The Kier molecular flexibility index (Phi) is 2.98. The largest absolute Gasteiger partial charge is 0.372 e. The van der Waals surface area contributed by atoms with Gasteiger partial charge in [-0.05, 0) is 24.0 Å². The van der Waals surface area contributed by atoms with Crippen LogP contribution in [0.5, 0.6) is 0 Å². The molecule has 0 spiro atoms. The van der Waals surface area contributed by atoms with Crippen LogP contribution < -0.4 is 5.32 Å². The number of rotatable bonds is 4. The Morgan fingerprint density at radius 3 is 3.00 bits per heavy atom. The smallest absolute Gasteiger partial charge is 0.358 e. The molecule has 0 bridgehead atoms. The van der Waals surface area contributed by atoms with Gasteiger partial charge in [-0.2, -0.15) is 9.38 Å². The van der Waals surface area contributed by atoms with Crippen molar-refractivity contribution >= 4 is 33.6 Å². The van der Waals surface area contributed by atoms with Crippen LogP contribution in [0.3, 0.4) is 0 Å². The van der Waals surface area contributed by atoms with Crippen LogP contribution in [-0.4, -0.2) is 28.9 Å². The molecule has 1 atom stereocenters. The molecule has 4 rings (SSSR count). The number of hydrogen-bond acceptors (Lipinski definition) is 7. The van der Waals surface area contributed by atoms with Crippen LogP contribution in [0.2, 0.25) is 0 Å². The second kappa shape index (κ2) is 5.02. The van der Waals surface area contributed by atoms with Crippen molar-refractivity contribution in [2.45, 2.75) is 13.0 Å². The molecule has 0 aliphatic carbocycles. The average molecular weight is 329 g/mol. The van der Waals surface area contributed by atoms with Crippen molar-refractivity contribution < 1.29 is 4.92 Å². The molecular formula is C13H11N7O2S. The Hall–Kier alpha value is -3.01. The maximum atomic E-state index is 11.4. The molecule has 4 aromatic rings. The van der Waals surface area contributed by atoms with Crippen molar-refractivity contribution in [1.29, 1.82) is 0 Å². The molecule has 0 aliphatic rings. The lowest BCUT2D eigenvalue weighted by molar-refractivity contribution is -0.389. The van der Waals surface area contributed by atoms with Crippen LogP contribution in [-0.2, 0) is 0 Å². The van der Waals surface area contributed by atoms with Crippen LogP contribution in [0.1, 0.15) is 18.8 Å². The van der Waals surface area contributed by atoms with E-state index in [1.54, 1.807) is 11.6 Å². The van der Waals surface area contributed by atoms with Gasteiger partial charge in [-0.25, -0.2) is 0 Å². The highest BCUT2D eigenvalue weighted by Crippen LogP contribution is 2.30. The third-order valence-corrected chi connectivity index (χ3v) is 4.25. The number of pyridine rings is 1. The molecule has 9 nitrogen and oxygen atoms in total. The summed E-state index contributed by atoms with van der Waals surface area (Å²) >= 11 is 1.34. The molecule has 0 radical (unpaired) electrons. The zero-order valence-electron chi connectivity index (χ0n) is 11.9. The zero-order valence-corrected chi connectivity index (χ0v) is 12.8. The Bertz CT molecular complexity index is 1020. The van der Waals surface area contributed by atoms with E-state index in [2.05, 4.69) is 20.5 Å². The topological polar surface area (TPSA) is 103 Å². The summed E-state index contributed by atoms with van der Waals surface area (Å²) in [6.45, 7) is 1.86. The second-order valence-electron chi connectivity index (χ2n) is 4.95. The van der Waals surface area contributed by atoms with Crippen molar-refractivity contribution in [1.82, 2.24) is 24.0 Å². The summed E-state index contributed by atoms with van der Waals surface area (Å²) in [5, 5.41) is 24.4. The molecule has 23 heavy (non-hydrogen) atoms. The van der Waals surface area contributed by atoms with Crippen LogP contribution in [0.15, 0.2) is 36.0 Å². The summed E-state index contributed by atoms with van der Waals surface area (Å²) in [5.74, 6) is 0.801. The number of nitrogens with one attached hydrogen (secondary N) is 1. The monoisotopic (exact) mass is 329 g/mol. The summed E-state index contributed by atoms with van der Waals surface area (Å²) in [7, 11) is 0. The normalized spacial score (nSPS) is 12.7. The van der Waals surface area contributed by atoms with Gasteiger partial charge in [0.25, 0.3) is 4.96 Å². The van der Waals surface area contributed by atoms with Gasteiger partial charge in [0.2, 0.25) is 5.82 Å². The first kappa shape index (κ1) is 13.6. The molecule has 1 N–H and O–H groups in total. The van der Waals surface area contributed by atoms with Gasteiger partial charge >= 0.3 is 5.82 Å². The Balaban J connectivity index is 1.74. The summed E-state index contributed by atoms with van der Waals surface area (Å²) in [6, 6.07) is 5.30. The third-order valence-electron chi connectivity index (χ3n) is 3.49. The lowest BCUT2D eigenvalue weighted by atomic mass is 10.3. The fourth-order valence-electron chi connectivity index (χ4n) is 2.47. The van der Waals surface area contributed by atoms with Gasteiger partial charge in [0.1, 0.15) is 6.20 Å². The van der Waals surface area contributed by atoms with E-state index in [9.17, 15) is 10.1 Å². The van der Waals surface area contributed by atoms with E-state index in [0.717, 1.165) is 5.65 Å². The quantitative estimate of drug-likeness (QED) is 0.456. The van der Waals surface area contributed by atoms with E-state index in [0.29, 0.717) is 10.8 Å². The molecular weight excluding hydrogens is 318 g/mol. The lowest BCUT2D eigenvalue weighted by Gasteiger charge is -2.11. The molecule has 0 aromatic carbocycles. The molecule has 0 aliphatic heterocycles. The van der Waals surface area contributed by atoms with Gasteiger partial charge in [0, 0.05) is 11.6 Å². The van der Waals surface area contributed by atoms with Gasteiger partial charge in [-0.3, -0.25) is 4.40 Å². The lowest BCUT2D eigenvalue weighted by Crippen LogP contribution is -2.12. The maximum Gasteiger partial charge on any atom is 0.372 e. The number of aromatic nitrogens is 5. The Labute approximate surface area is 133 Å². The molecule has 1 unspecified atom stereocenters. The predicted molar refractivity (Wildman–Crippen MR) is 84.7 cm³/mol. The van der Waals surface area contributed by atoms with Gasteiger partial charge in [-0.15, -0.1) is 10.2 Å². The molecule has 4 heterocycles. The third kappa shape index (κ3) is 2.11. The van der Waals surface area contributed by atoms with Gasteiger partial charge in [-0.1, -0.05) is 17.4 Å². The molecule has 116 valence electrons. The van der Waals surface area contributed by atoms with Gasteiger partial charge in [0.05, 0.1) is 6.04 Å². The van der Waals surface area contributed by atoms with Crippen molar-refractivity contribution in [3.63, 3.8) is 0 Å². The summed E-state index contributed by atoms with van der Waals surface area (Å²) < 4.78 is 3.30. The molecule has 10 heteroatoms. The number of anilines is 1. The average Bonchev–Trinajstić information content (AvgIpc) is 3.19. The number of hydrogen-bond donors (Lipinski definition) is 1. The summed E-state index contributed by atoms with van der Waals surface area (Å²) in [4.78, 5) is 15.8. The summed E-state index contributed by atoms with van der Waals surface area (Å²) in [5.41, 5.74) is 0.719. The van der Waals surface area contributed by atoms with Gasteiger partial charge in [0.15, 0.2) is 11.5 Å². The minimum Gasteiger partial charge on any atom is -0.358 e. The number of nitrogens with zero attached hydrogens (tertiary/aromatic N) is 6. The van der Waals surface area contributed by atoms with Crippen molar-refractivity contribution in [2.75, 3.05) is 5.32 Å². The fourth-order valence-corrected chi connectivity index (χ4v) is 3.18. The molecule has 0 saturated heterocycles. The number of thiazole rings is 1. The van der Waals surface area contributed by atoms with Crippen molar-refractivity contribution in [3.05, 3.63) is 51.9 Å². The predicted octanol–water partition coefficient (Wildman–Crippen LogP) is 2.52. The molecule has 0 amide bonds. The SMILES string of the molecule is CC(Nc1nc2sccn2c1[N+](=O)[O-])c1nnc2ccccn12. The maximum absolute atomic E-state index is 11.4. The Morgan fingerprint density at radius 2 is 2.17 bits per heavy atom. The fraction of sp³-hybridized carbons (Fsp3) is 0.154. The Morgan fingerprint density at radius 1 is 1.30 bits per heavy atom. The van der Waals surface area contributed by atoms with Crippen molar-refractivity contribution in [3.8, 4) is 0 Å². The van der Waals surface area contributed by atoms with E-state index in [1.807, 2.05) is 35.7 Å². The number of imidazole rings is 1. The molecule has 0 fully saturated rings. The first-order valence-corrected chi connectivity index (χ1v) is 7.69. The first-order valence-electron chi connectivity index (χ1n) is 6.81. The molecule has 4 aromatic heterocycles. The second-order valence-corrected chi connectivity index (χ2v) is 5.82. The van der Waals surface area contributed by atoms with Crippen LogP contribution in [0, 0.1) is 10.1 Å². The highest BCUT2D eigenvalue weighted by molar-refractivity contribution is 7.15. The highest BCUT2D eigenvalue weighted by atomic mass is 32.1. The van der Waals surface area contributed by atoms with E-state index in [4.69, 9.17) is 0 Å². The van der Waals surface area contributed by atoms with E-state index in [1.165, 1.54) is 15.7 Å². The van der Waals surface area contributed by atoms with Crippen LogP contribution in [0.4, 0.5) is 11.6 Å². The van der Waals surface area contributed by atoms with E-state index in [-0.39, 0.29) is 17.7 Å². The zero-order chi connectivity index (χ0) is 16.0. The van der Waals surface area contributed by atoms with Crippen molar-refractivity contribution in [2.24, 2.45) is 0 Å². The minimum atomic E-state index is -0.441.